The van der Waals surface area contributed by atoms with E-state index in [0.29, 0.717) is 23.3 Å². The summed E-state index contributed by atoms with van der Waals surface area (Å²) >= 11 is 3.17. The number of aliphatic hydroxyl groups excluding tert-OH is 1. The lowest BCUT2D eigenvalue weighted by Gasteiger charge is -2.30. The predicted molar refractivity (Wildman–Crippen MR) is 71.4 cm³/mol. The van der Waals surface area contributed by atoms with E-state index in [1.54, 1.807) is 4.90 Å². The Hall–Kier alpha value is -1.14. The fraction of sp³-hybridized carbons (Fsp3) is 0.462. The Labute approximate surface area is 119 Å². The van der Waals surface area contributed by atoms with Crippen molar-refractivity contribution in [1.82, 2.24) is 4.90 Å². The Morgan fingerprint density at radius 1 is 1.58 bits per heavy atom. The molecule has 0 spiro atoms. The molecular weight excluding hydrogens is 317 g/mol. The van der Waals surface area contributed by atoms with E-state index in [2.05, 4.69) is 15.9 Å². The number of hydrogen-bond donors (Lipinski definition) is 1. The molecule has 2 rings (SSSR count). The smallest absolute Gasteiger partial charge is 0.260 e. The summed E-state index contributed by atoms with van der Waals surface area (Å²) in [5, 5.41) is 9.50. The first-order valence-electron chi connectivity index (χ1n) is 6.10. The maximum atomic E-state index is 12.9. The highest BCUT2D eigenvalue weighted by Crippen LogP contribution is 2.25. The second-order valence-electron chi connectivity index (χ2n) is 4.50. The van der Waals surface area contributed by atoms with Crippen molar-refractivity contribution < 1.29 is 19.0 Å². The summed E-state index contributed by atoms with van der Waals surface area (Å²) < 4.78 is 18.7. The van der Waals surface area contributed by atoms with Crippen molar-refractivity contribution in [3.8, 4) is 5.75 Å². The zero-order chi connectivity index (χ0) is 13.8. The van der Waals surface area contributed by atoms with Gasteiger partial charge in [0.25, 0.3) is 5.91 Å². The van der Waals surface area contributed by atoms with Crippen molar-refractivity contribution in [2.24, 2.45) is 0 Å². The lowest BCUT2D eigenvalue weighted by atomic mass is 10.1. The third-order valence-electron chi connectivity index (χ3n) is 2.99. The number of likely N-dealkylation sites (tertiary alicyclic amines) is 1. The van der Waals surface area contributed by atoms with Gasteiger partial charge in [-0.05, 0) is 47.0 Å². The number of β-amino-alcohol motifs (C(OH)–C–C–N with tert-alkyl or cyclic N) is 1. The van der Waals surface area contributed by atoms with Crippen molar-refractivity contribution in [2.45, 2.75) is 18.9 Å². The zero-order valence-electron chi connectivity index (χ0n) is 10.3. The van der Waals surface area contributed by atoms with Gasteiger partial charge in [-0.3, -0.25) is 4.79 Å². The molecule has 1 aliphatic rings. The van der Waals surface area contributed by atoms with Crippen molar-refractivity contribution in [1.29, 1.82) is 0 Å². The van der Waals surface area contributed by atoms with Crippen LogP contribution < -0.4 is 4.74 Å². The first-order chi connectivity index (χ1) is 9.06. The van der Waals surface area contributed by atoms with Gasteiger partial charge in [0.15, 0.2) is 6.61 Å². The van der Waals surface area contributed by atoms with Gasteiger partial charge in [-0.15, -0.1) is 0 Å². The number of nitrogens with zero attached hydrogens (tertiary/aromatic N) is 1. The molecule has 1 aromatic rings. The highest BCUT2D eigenvalue weighted by molar-refractivity contribution is 9.10. The van der Waals surface area contributed by atoms with Crippen molar-refractivity contribution in [3.05, 3.63) is 28.5 Å². The van der Waals surface area contributed by atoms with Crippen LogP contribution in [0.4, 0.5) is 4.39 Å². The second-order valence-corrected chi connectivity index (χ2v) is 5.35. The van der Waals surface area contributed by atoms with Gasteiger partial charge in [0.05, 0.1) is 10.6 Å². The van der Waals surface area contributed by atoms with Crippen LogP contribution in [-0.4, -0.2) is 41.7 Å². The Morgan fingerprint density at radius 2 is 2.37 bits per heavy atom. The van der Waals surface area contributed by atoms with Crippen LogP contribution in [-0.2, 0) is 4.79 Å². The van der Waals surface area contributed by atoms with Crippen LogP contribution in [0.15, 0.2) is 22.7 Å². The van der Waals surface area contributed by atoms with Crippen LogP contribution in [0.5, 0.6) is 5.75 Å². The number of ether oxygens (including phenoxy) is 1. The SMILES string of the molecule is O=C(COc1ccc(F)cc1Br)N1CCC[C@H](O)C1. The zero-order valence-corrected chi connectivity index (χ0v) is 11.9. The average molecular weight is 332 g/mol. The molecule has 0 aromatic heterocycles. The van der Waals surface area contributed by atoms with Gasteiger partial charge in [0.2, 0.25) is 0 Å². The van der Waals surface area contributed by atoms with E-state index in [0.717, 1.165) is 12.8 Å². The quantitative estimate of drug-likeness (QED) is 0.921. The standard InChI is InChI=1S/C13H15BrFNO3/c14-11-6-9(15)3-4-12(11)19-8-13(18)16-5-1-2-10(17)7-16/h3-4,6,10,17H,1-2,5,7-8H2/t10-/m0/s1. The van der Waals surface area contributed by atoms with Gasteiger partial charge in [-0.1, -0.05) is 0 Å². The van der Waals surface area contributed by atoms with Crippen molar-refractivity contribution in [3.63, 3.8) is 0 Å². The van der Waals surface area contributed by atoms with Crippen LogP contribution in [0.2, 0.25) is 0 Å². The van der Waals surface area contributed by atoms with E-state index in [1.807, 2.05) is 0 Å². The van der Waals surface area contributed by atoms with Crippen LogP contribution in [0.1, 0.15) is 12.8 Å². The molecule has 104 valence electrons. The van der Waals surface area contributed by atoms with E-state index in [4.69, 9.17) is 4.74 Å². The molecule has 1 aromatic carbocycles. The molecule has 1 saturated heterocycles. The minimum Gasteiger partial charge on any atom is -0.483 e. The molecule has 1 heterocycles. The maximum Gasteiger partial charge on any atom is 0.260 e. The third kappa shape index (κ3) is 3.91. The Bertz CT molecular complexity index is 469. The summed E-state index contributed by atoms with van der Waals surface area (Å²) in [7, 11) is 0. The summed E-state index contributed by atoms with van der Waals surface area (Å²) in [6.07, 6.45) is 1.08. The van der Waals surface area contributed by atoms with Gasteiger partial charge < -0.3 is 14.7 Å². The molecule has 1 fully saturated rings. The summed E-state index contributed by atoms with van der Waals surface area (Å²) in [6.45, 7) is 0.883. The fourth-order valence-electron chi connectivity index (χ4n) is 2.00. The monoisotopic (exact) mass is 331 g/mol. The molecule has 6 heteroatoms. The number of carbonyl (C=O) groups excluding carboxylic acids is 1. The minimum absolute atomic E-state index is 0.114. The molecule has 1 amide bonds. The number of hydrogen-bond acceptors (Lipinski definition) is 3. The van der Waals surface area contributed by atoms with Gasteiger partial charge >= 0.3 is 0 Å². The molecule has 1 aliphatic heterocycles. The number of piperidine rings is 1. The lowest BCUT2D eigenvalue weighted by Crippen LogP contribution is -2.44. The molecule has 4 nitrogen and oxygen atoms in total. The largest absolute Gasteiger partial charge is 0.483 e. The topological polar surface area (TPSA) is 49.8 Å². The lowest BCUT2D eigenvalue weighted by molar-refractivity contribution is -0.136. The minimum atomic E-state index is -0.449. The molecule has 1 atom stereocenters. The number of benzene rings is 1. The van der Waals surface area contributed by atoms with Gasteiger partial charge in [-0.25, -0.2) is 4.39 Å². The van der Waals surface area contributed by atoms with E-state index in [1.165, 1.54) is 18.2 Å². The highest BCUT2D eigenvalue weighted by Gasteiger charge is 2.22. The molecule has 0 aliphatic carbocycles. The average Bonchev–Trinajstić information content (AvgIpc) is 2.37. The third-order valence-corrected chi connectivity index (χ3v) is 3.61. The second kappa shape index (κ2) is 6.34. The van der Waals surface area contributed by atoms with E-state index >= 15 is 0 Å². The highest BCUT2D eigenvalue weighted by atomic mass is 79.9. The van der Waals surface area contributed by atoms with Crippen LogP contribution >= 0.6 is 15.9 Å². The van der Waals surface area contributed by atoms with E-state index < -0.39 is 6.10 Å². The predicted octanol–water partition coefficient (Wildman–Crippen LogP) is 1.95. The van der Waals surface area contributed by atoms with Crippen LogP contribution in [0, 0.1) is 5.82 Å². The summed E-state index contributed by atoms with van der Waals surface area (Å²) in [5.74, 6) is -0.119. The molecule has 0 bridgehead atoms. The number of rotatable bonds is 3. The van der Waals surface area contributed by atoms with E-state index in [9.17, 15) is 14.3 Å². The first kappa shape index (κ1) is 14.3. The van der Waals surface area contributed by atoms with Crippen LogP contribution in [0.25, 0.3) is 0 Å². The molecule has 1 N–H and O–H groups in total. The van der Waals surface area contributed by atoms with Gasteiger partial charge in [0.1, 0.15) is 11.6 Å². The molecule has 0 saturated carbocycles. The normalized spacial score (nSPS) is 19.3. The van der Waals surface area contributed by atoms with Crippen molar-refractivity contribution in [2.75, 3.05) is 19.7 Å². The Kier molecular flexibility index (Phi) is 4.76. The number of amides is 1. The summed E-state index contributed by atoms with van der Waals surface area (Å²) in [5.41, 5.74) is 0. The number of carbonyl (C=O) groups is 1. The maximum absolute atomic E-state index is 12.9. The number of halogens is 2. The van der Waals surface area contributed by atoms with Crippen molar-refractivity contribution >= 4 is 21.8 Å². The first-order valence-corrected chi connectivity index (χ1v) is 6.89. The van der Waals surface area contributed by atoms with Gasteiger partial charge in [0, 0.05) is 13.1 Å². The molecule has 0 radical (unpaired) electrons. The van der Waals surface area contributed by atoms with Crippen LogP contribution in [0.3, 0.4) is 0 Å². The molecule has 0 unspecified atom stereocenters. The van der Waals surface area contributed by atoms with E-state index in [-0.39, 0.29) is 18.3 Å². The summed E-state index contributed by atoms with van der Waals surface area (Å²) in [6, 6.07) is 4.03. The van der Waals surface area contributed by atoms with Gasteiger partial charge in [-0.2, -0.15) is 0 Å². The summed E-state index contributed by atoms with van der Waals surface area (Å²) in [4.78, 5) is 13.5. The Morgan fingerprint density at radius 3 is 3.05 bits per heavy atom. The Balaban J connectivity index is 1.89. The molecular formula is C13H15BrFNO3. The molecule has 19 heavy (non-hydrogen) atoms. The number of aliphatic hydroxyl groups is 1. The fourth-order valence-corrected chi connectivity index (χ4v) is 2.47.